The summed E-state index contributed by atoms with van der Waals surface area (Å²) in [5, 5.41) is 2.85. The van der Waals surface area contributed by atoms with E-state index < -0.39 is 6.10 Å². The fraction of sp³-hybridized carbons (Fsp3) is 0.400. The molecular weight excluding hydrogens is 240 g/mol. The van der Waals surface area contributed by atoms with Gasteiger partial charge in [-0.05, 0) is 37.5 Å². The third-order valence-electron chi connectivity index (χ3n) is 2.75. The second kappa shape index (κ2) is 8.32. The monoisotopic (exact) mass is 262 g/mol. The summed E-state index contributed by atoms with van der Waals surface area (Å²) in [5.74, 6) is -0.0838. The minimum Gasteiger partial charge on any atom is -0.399 e. The van der Waals surface area contributed by atoms with Gasteiger partial charge in [0.15, 0.2) is 0 Å². The Kier molecular flexibility index (Phi) is 6.68. The Balaban J connectivity index is 2.22. The van der Waals surface area contributed by atoms with Crippen LogP contribution in [-0.2, 0) is 16.0 Å². The Morgan fingerprint density at radius 2 is 2.16 bits per heavy atom. The number of hydrogen-bond donors (Lipinski definition) is 2. The van der Waals surface area contributed by atoms with Gasteiger partial charge in [0.2, 0.25) is 5.91 Å². The average Bonchev–Trinajstić information content (AvgIpc) is 2.41. The normalized spacial score (nSPS) is 11.8. The van der Waals surface area contributed by atoms with Gasteiger partial charge in [-0.3, -0.25) is 4.79 Å². The molecule has 3 N–H and O–H groups in total. The van der Waals surface area contributed by atoms with E-state index in [0.29, 0.717) is 13.2 Å². The van der Waals surface area contributed by atoms with Crippen molar-refractivity contribution < 1.29 is 9.53 Å². The zero-order valence-corrected chi connectivity index (χ0v) is 11.4. The highest BCUT2D eigenvalue weighted by Crippen LogP contribution is 2.05. The number of hydrogen-bond acceptors (Lipinski definition) is 3. The lowest BCUT2D eigenvalue weighted by atomic mass is 10.1. The Labute approximate surface area is 114 Å². The minimum atomic E-state index is -0.425. The van der Waals surface area contributed by atoms with Crippen molar-refractivity contribution in [2.75, 3.05) is 18.9 Å². The highest BCUT2D eigenvalue weighted by atomic mass is 16.5. The molecule has 1 amide bonds. The molecule has 0 aromatic heterocycles. The van der Waals surface area contributed by atoms with E-state index in [1.807, 2.05) is 24.3 Å². The van der Waals surface area contributed by atoms with E-state index in [9.17, 15) is 4.79 Å². The zero-order chi connectivity index (χ0) is 14.1. The van der Waals surface area contributed by atoms with E-state index in [2.05, 4.69) is 11.9 Å². The summed E-state index contributed by atoms with van der Waals surface area (Å²) in [6, 6.07) is 7.65. The number of nitrogens with two attached hydrogens (primary N) is 1. The van der Waals surface area contributed by atoms with Crippen LogP contribution in [0.2, 0.25) is 0 Å². The predicted octanol–water partition coefficient (Wildman–Crippen LogP) is 1.91. The van der Waals surface area contributed by atoms with E-state index >= 15 is 0 Å². The number of carbonyl (C=O) groups is 1. The fourth-order valence-corrected chi connectivity index (χ4v) is 1.56. The summed E-state index contributed by atoms with van der Waals surface area (Å²) in [6.45, 7) is 6.47. The lowest BCUT2D eigenvalue weighted by Crippen LogP contribution is -2.35. The summed E-state index contributed by atoms with van der Waals surface area (Å²) in [7, 11) is 0. The van der Waals surface area contributed by atoms with Gasteiger partial charge in [-0.1, -0.05) is 18.2 Å². The molecule has 1 aromatic carbocycles. The van der Waals surface area contributed by atoms with Crippen molar-refractivity contribution in [2.45, 2.75) is 25.9 Å². The summed E-state index contributed by atoms with van der Waals surface area (Å²) < 4.78 is 5.36. The molecule has 104 valence electrons. The molecule has 0 aliphatic heterocycles. The Morgan fingerprint density at radius 1 is 1.47 bits per heavy atom. The quantitative estimate of drug-likeness (QED) is 0.427. The molecule has 0 fully saturated rings. The zero-order valence-electron chi connectivity index (χ0n) is 11.4. The number of anilines is 1. The first-order valence-electron chi connectivity index (χ1n) is 6.48. The molecule has 19 heavy (non-hydrogen) atoms. The van der Waals surface area contributed by atoms with Crippen molar-refractivity contribution >= 4 is 11.6 Å². The van der Waals surface area contributed by atoms with E-state index in [1.165, 1.54) is 0 Å². The molecule has 4 heteroatoms. The molecule has 1 atom stereocenters. The smallest absolute Gasteiger partial charge is 0.248 e. The molecule has 0 saturated carbocycles. The maximum absolute atomic E-state index is 11.7. The van der Waals surface area contributed by atoms with Crippen LogP contribution < -0.4 is 11.1 Å². The Bertz CT molecular complexity index is 401. The number of nitrogens with one attached hydrogen (secondary N) is 1. The number of benzene rings is 1. The van der Waals surface area contributed by atoms with Crippen molar-refractivity contribution in [3.8, 4) is 0 Å². The fourth-order valence-electron chi connectivity index (χ4n) is 1.56. The van der Waals surface area contributed by atoms with Crippen LogP contribution in [0.3, 0.4) is 0 Å². The van der Waals surface area contributed by atoms with Gasteiger partial charge in [0.25, 0.3) is 0 Å². The van der Waals surface area contributed by atoms with Crippen molar-refractivity contribution in [3.63, 3.8) is 0 Å². The minimum absolute atomic E-state index is 0.0838. The predicted molar refractivity (Wildman–Crippen MR) is 77.8 cm³/mol. The largest absolute Gasteiger partial charge is 0.399 e. The SMILES string of the molecule is C=CCCOC(C)C(=O)NCCc1ccc(N)cc1. The van der Waals surface area contributed by atoms with Crippen LogP contribution >= 0.6 is 0 Å². The molecule has 1 aromatic rings. The maximum atomic E-state index is 11.7. The van der Waals surface area contributed by atoms with Crippen molar-refractivity contribution in [1.82, 2.24) is 5.32 Å². The number of carbonyl (C=O) groups excluding carboxylic acids is 1. The van der Waals surface area contributed by atoms with Crippen LogP contribution in [-0.4, -0.2) is 25.2 Å². The number of rotatable bonds is 8. The van der Waals surface area contributed by atoms with Crippen LogP contribution in [0.1, 0.15) is 18.9 Å². The van der Waals surface area contributed by atoms with Gasteiger partial charge in [0, 0.05) is 12.2 Å². The van der Waals surface area contributed by atoms with Gasteiger partial charge >= 0.3 is 0 Å². The average molecular weight is 262 g/mol. The second-order valence-corrected chi connectivity index (χ2v) is 4.37. The number of ether oxygens (including phenoxy) is 1. The van der Waals surface area contributed by atoms with Crippen molar-refractivity contribution in [3.05, 3.63) is 42.5 Å². The first-order valence-corrected chi connectivity index (χ1v) is 6.48. The van der Waals surface area contributed by atoms with Gasteiger partial charge in [-0.25, -0.2) is 0 Å². The molecule has 0 saturated heterocycles. The van der Waals surface area contributed by atoms with Crippen LogP contribution in [0.5, 0.6) is 0 Å². The highest BCUT2D eigenvalue weighted by molar-refractivity contribution is 5.80. The van der Waals surface area contributed by atoms with E-state index in [1.54, 1.807) is 13.0 Å². The van der Waals surface area contributed by atoms with Gasteiger partial charge in [0.05, 0.1) is 6.61 Å². The Morgan fingerprint density at radius 3 is 2.79 bits per heavy atom. The van der Waals surface area contributed by atoms with Gasteiger partial charge < -0.3 is 15.8 Å². The standard InChI is InChI=1S/C15H22N2O2/c1-3-4-11-19-12(2)15(18)17-10-9-13-5-7-14(16)8-6-13/h3,5-8,12H,1,4,9-11,16H2,2H3,(H,17,18). The third kappa shape index (κ3) is 6.06. The molecule has 0 heterocycles. The molecule has 4 nitrogen and oxygen atoms in total. The van der Waals surface area contributed by atoms with E-state index in [0.717, 1.165) is 24.1 Å². The number of nitrogen functional groups attached to an aromatic ring is 1. The summed E-state index contributed by atoms with van der Waals surface area (Å²) in [6.07, 6.45) is 2.88. The van der Waals surface area contributed by atoms with Gasteiger partial charge in [-0.2, -0.15) is 0 Å². The van der Waals surface area contributed by atoms with Crippen LogP contribution in [0.25, 0.3) is 0 Å². The van der Waals surface area contributed by atoms with Crippen molar-refractivity contribution in [2.24, 2.45) is 0 Å². The molecule has 1 rings (SSSR count). The van der Waals surface area contributed by atoms with E-state index in [4.69, 9.17) is 10.5 Å². The molecule has 0 aliphatic rings. The van der Waals surface area contributed by atoms with Crippen LogP contribution in [0, 0.1) is 0 Å². The lowest BCUT2D eigenvalue weighted by Gasteiger charge is -2.12. The summed E-state index contributed by atoms with van der Waals surface area (Å²) in [4.78, 5) is 11.7. The lowest BCUT2D eigenvalue weighted by molar-refractivity contribution is -0.131. The van der Waals surface area contributed by atoms with E-state index in [-0.39, 0.29) is 5.91 Å². The molecule has 0 radical (unpaired) electrons. The van der Waals surface area contributed by atoms with Crippen LogP contribution in [0.4, 0.5) is 5.69 Å². The second-order valence-electron chi connectivity index (χ2n) is 4.37. The number of amides is 1. The van der Waals surface area contributed by atoms with Crippen molar-refractivity contribution in [1.29, 1.82) is 0 Å². The molecule has 0 bridgehead atoms. The topological polar surface area (TPSA) is 64.3 Å². The molecule has 0 spiro atoms. The molecule has 1 unspecified atom stereocenters. The van der Waals surface area contributed by atoms with Gasteiger partial charge in [-0.15, -0.1) is 6.58 Å². The molecular formula is C15H22N2O2. The third-order valence-corrected chi connectivity index (χ3v) is 2.75. The summed E-state index contributed by atoms with van der Waals surface area (Å²) in [5.41, 5.74) is 7.50. The summed E-state index contributed by atoms with van der Waals surface area (Å²) >= 11 is 0. The highest BCUT2D eigenvalue weighted by Gasteiger charge is 2.11. The first kappa shape index (κ1) is 15.2. The van der Waals surface area contributed by atoms with Crippen LogP contribution in [0.15, 0.2) is 36.9 Å². The Hall–Kier alpha value is -1.81. The maximum Gasteiger partial charge on any atom is 0.248 e. The first-order chi connectivity index (χ1) is 9.13. The van der Waals surface area contributed by atoms with Gasteiger partial charge in [0.1, 0.15) is 6.10 Å². The molecule has 0 aliphatic carbocycles.